The second-order valence-electron chi connectivity index (χ2n) is 3.17. The van der Waals surface area contributed by atoms with Gasteiger partial charge in [0.1, 0.15) is 11.3 Å². The molecule has 16 heavy (non-hydrogen) atoms. The zero-order chi connectivity index (χ0) is 12.1. The number of hydrogen-bond donors (Lipinski definition) is 2. The van der Waals surface area contributed by atoms with Crippen LogP contribution in [0.2, 0.25) is 0 Å². The van der Waals surface area contributed by atoms with E-state index in [1.54, 1.807) is 6.92 Å². The SMILES string of the molecule is C=NCc1cc(C(=O)OCC)c(O)cc1N. The Kier molecular flexibility index (Phi) is 3.88. The van der Waals surface area contributed by atoms with E-state index in [1.807, 2.05) is 0 Å². The molecule has 0 radical (unpaired) electrons. The number of rotatable bonds is 4. The zero-order valence-electron chi connectivity index (χ0n) is 9.06. The molecule has 0 unspecified atom stereocenters. The Morgan fingerprint density at radius 3 is 2.88 bits per heavy atom. The summed E-state index contributed by atoms with van der Waals surface area (Å²) in [6.07, 6.45) is 0. The van der Waals surface area contributed by atoms with E-state index in [9.17, 15) is 9.90 Å². The van der Waals surface area contributed by atoms with E-state index in [0.717, 1.165) is 0 Å². The molecule has 1 rings (SSSR count). The predicted octanol–water partition coefficient (Wildman–Crippen LogP) is 1.35. The van der Waals surface area contributed by atoms with E-state index in [0.29, 0.717) is 17.8 Å². The van der Waals surface area contributed by atoms with E-state index in [-0.39, 0.29) is 17.9 Å². The highest BCUT2D eigenvalue weighted by atomic mass is 16.5. The van der Waals surface area contributed by atoms with Gasteiger partial charge < -0.3 is 15.6 Å². The molecule has 0 saturated heterocycles. The minimum absolute atomic E-state index is 0.0923. The Hall–Kier alpha value is -2.04. The third kappa shape index (κ3) is 2.50. The van der Waals surface area contributed by atoms with Crippen molar-refractivity contribution in [3.05, 3.63) is 23.3 Å². The Balaban J connectivity index is 3.13. The molecule has 0 heterocycles. The number of nitrogen functional groups attached to an aromatic ring is 1. The van der Waals surface area contributed by atoms with Crippen molar-refractivity contribution in [3.63, 3.8) is 0 Å². The number of esters is 1. The molecule has 5 nitrogen and oxygen atoms in total. The number of carbonyl (C=O) groups excluding carboxylic acids is 1. The molecule has 0 aromatic heterocycles. The first-order valence-corrected chi connectivity index (χ1v) is 4.81. The van der Waals surface area contributed by atoms with Crippen molar-refractivity contribution >= 4 is 18.4 Å². The van der Waals surface area contributed by atoms with Gasteiger partial charge in [-0.05, 0) is 25.3 Å². The van der Waals surface area contributed by atoms with E-state index in [2.05, 4.69) is 11.7 Å². The monoisotopic (exact) mass is 222 g/mol. The van der Waals surface area contributed by atoms with Crippen molar-refractivity contribution in [3.8, 4) is 5.75 Å². The number of aromatic hydroxyl groups is 1. The van der Waals surface area contributed by atoms with E-state index in [1.165, 1.54) is 12.1 Å². The maximum atomic E-state index is 11.5. The first-order chi connectivity index (χ1) is 7.60. The lowest BCUT2D eigenvalue weighted by Crippen LogP contribution is -2.06. The summed E-state index contributed by atoms with van der Waals surface area (Å²) in [7, 11) is 0. The molecular formula is C11H14N2O3. The van der Waals surface area contributed by atoms with Gasteiger partial charge in [-0.3, -0.25) is 4.99 Å². The average Bonchev–Trinajstić information content (AvgIpc) is 2.22. The quantitative estimate of drug-likeness (QED) is 0.457. The van der Waals surface area contributed by atoms with Crippen LogP contribution >= 0.6 is 0 Å². The van der Waals surface area contributed by atoms with Gasteiger partial charge in [-0.25, -0.2) is 4.79 Å². The summed E-state index contributed by atoms with van der Waals surface area (Å²) in [6, 6.07) is 2.78. The Labute approximate surface area is 93.6 Å². The molecule has 0 fully saturated rings. The van der Waals surface area contributed by atoms with Crippen LogP contribution in [0.15, 0.2) is 17.1 Å². The molecule has 0 aliphatic carbocycles. The average molecular weight is 222 g/mol. The van der Waals surface area contributed by atoms with Gasteiger partial charge in [-0.2, -0.15) is 0 Å². The lowest BCUT2D eigenvalue weighted by Gasteiger charge is -2.08. The van der Waals surface area contributed by atoms with E-state index in [4.69, 9.17) is 10.5 Å². The van der Waals surface area contributed by atoms with Crippen LogP contribution < -0.4 is 5.73 Å². The summed E-state index contributed by atoms with van der Waals surface area (Å²) in [5.41, 5.74) is 6.75. The highest BCUT2D eigenvalue weighted by molar-refractivity contribution is 5.93. The molecule has 0 saturated carbocycles. The van der Waals surface area contributed by atoms with Crippen LogP contribution in [0.5, 0.6) is 5.75 Å². The molecule has 0 atom stereocenters. The van der Waals surface area contributed by atoms with Crippen LogP contribution in [0.4, 0.5) is 5.69 Å². The number of benzene rings is 1. The Bertz CT molecular complexity index is 416. The molecule has 0 amide bonds. The topological polar surface area (TPSA) is 84.9 Å². The zero-order valence-corrected chi connectivity index (χ0v) is 9.06. The summed E-state index contributed by atoms with van der Waals surface area (Å²) in [4.78, 5) is 15.1. The van der Waals surface area contributed by atoms with Gasteiger partial charge in [0.15, 0.2) is 0 Å². The Morgan fingerprint density at radius 1 is 1.62 bits per heavy atom. The van der Waals surface area contributed by atoms with Gasteiger partial charge in [0, 0.05) is 11.8 Å². The van der Waals surface area contributed by atoms with Gasteiger partial charge in [0.25, 0.3) is 0 Å². The number of nitrogens with zero attached hydrogens (tertiary/aromatic N) is 1. The number of ether oxygens (including phenoxy) is 1. The summed E-state index contributed by atoms with van der Waals surface area (Å²) in [5, 5.41) is 9.55. The number of phenols is 1. The third-order valence-electron chi connectivity index (χ3n) is 2.04. The van der Waals surface area contributed by atoms with Gasteiger partial charge in [0.2, 0.25) is 0 Å². The molecule has 0 bridgehead atoms. The number of hydrogen-bond acceptors (Lipinski definition) is 5. The van der Waals surface area contributed by atoms with Crippen molar-refractivity contribution in [1.29, 1.82) is 0 Å². The molecule has 0 aliphatic heterocycles. The minimum Gasteiger partial charge on any atom is -0.507 e. The maximum absolute atomic E-state index is 11.5. The molecule has 0 aliphatic rings. The first kappa shape index (κ1) is 12.0. The van der Waals surface area contributed by atoms with Crippen LogP contribution in [0.1, 0.15) is 22.8 Å². The Morgan fingerprint density at radius 2 is 2.31 bits per heavy atom. The van der Waals surface area contributed by atoms with Crippen LogP contribution in [0.25, 0.3) is 0 Å². The van der Waals surface area contributed by atoms with E-state index < -0.39 is 5.97 Å². The smallest absolute Gasteiger partial charge is 0.341 e. The van der Waals surface area contributed by atoms with Crippen LogP contribution in [-0.4, -0.2) is 24.4 Å². The van der Waals surface area contributed by atoms with Gasteiger partial charge in [-0.1, -0.05) is 0 Å². The fourth-order valence-corrected chi connectivity index (χ4v) is 1.28. The lowest BCUT2D eigenvalue weighted by atomic mass is 10.1. The fraction of sp³-hybridized carbons (Fsp3) is 0.273. The normalized spacial score (nSPS) is 9.81. The number of anilines is 1. The van der Waals surface area contributed by atoms with Gasteiger partial charge >= 0.3 is 5.97 Å². The lowest BCUT2D eigenvalue weighted by molar-refractivity contribution is 0.0523. The maximum Gasteiger partial charge on any atom is 0.341 e. The van der Waals surface area contributed by atoms with Crippen LogP contribution in [0.3, 0.4) is 0 Å². The summed E-state index contributed by atoms with van der Waals surface area (Å²) >= 11 is 0. The largest absolute Gasteiger partial charge is 0.507 e. The van der Waals surface area contributed by atoms with Crippen LogP contribution in [0, 0.1) is 0 Å². The summed E-state index contributed by atoms with van der Waals surface area (Å²) in [5.74, 6) is -0.769. The molecule has 5 heteroatoms. The molecule has 0 spiro atoms. The number of aliphatic imine (C=N–C) groups is 1. The molecular weight excluding hydrogens is 208 g/mol. The highest BCUT2D eigenvalue weighted by Gasteiger charge is 2.14. The van der Waals surface area contributed by atoms with Crippen molar-refractivity contribution in [2.24, 2.45) is 4.99 Å². The fourth-order valence-electron chi connectivity index (χ4n) is 1.28. The standard InChI is InChI=1S/C11H14N2O3/c1-3-16-11(15)8-4-7(6-13-2)9(12)5-10(8)14/h4-5,14H,2-3,6,12H2,1H3. The molecule has 86 valence electrons. The number of carbonyl (C=O) groups is 1. The van der Waals surface area contributed by atoms with E-state index >= 15 is 0 Å². The predicted molar refractivity (Wildman–Crippen MR) is 61.7 cm³/mol. The molecule has 1 aromatic carbocycles. The van der Waals surface area contributed by atoms with Crippen molar-refractivity contribution < 1.29 is 14.6 Å². The van der Waals surface area contributed by atoms with Crippen LogP contribution in [-0.2, 0) is 11.3 Å². The van der Waals surface area contributed by atoms with Crippen molar-refractivity contribution in [1.82, 2.24) is 0 Å². The highest BCUT2D eigenvalue weighted by Crippen LogP contribution is 2.25. The number of nitrogens with two attached hydrogens (primary N) is 1. The minimum atomic E-state index is -0.578. The second-order valence-corrected chi connectivity index (χ2v) is 3.17. The summed E-state index contributed by atoms with van der Waals surface area (Å²) in [6.45, 7) is 5.58. The van der Waals surface area contributed by atoms with Crippen molar-refractivity contribution in [2.75, 3.05) is 12.3 Å². The summed E-state index contributed by atoms with van der Waals surface area (Å²) < 4.78 is 4.80. The molecule has 1 aromatic rings. The van der Waals surface area contributed by atoms with Crippen molar-refractivity contribution in [2.45, 2.75) is 13.5 Å². The third-order valence-corrected chi connectivity index (χ3v) is 2.04. The van der Waals surface area contributed by atoms with Gasteiger partial charge in [0.05, 0.1) is 13.2 Å². The number of phenolic OH excluding ortho intramolecular Hbond substituents is 1. The first-order valence-electron chi connectivity index (χ1n) is 4.81. The van der Waals surface area contributed by atoms with Gasteiger partial charge in [-0.15, -0.1) is 0 Å². The molecule has 3 N–H and O–H groups in total. The second kappa shape index (κ2) is 5.16.